The Balaban J connectivity index is 2.88. The second-order valence-electron chi connectivity index (χ2n) is 4.02. The first-order valence-electron chi connectivity index (χ1n) is 5.39. The van der Waals surface area contributed by atoms with Gasteiger partial charge >= 0.3 is 0 Å². The van der Waals surface area contributed by atoms with Gasteiger partial charge in [-0.25, -0.2) is 0 Å². The molecule has 0 amide bonds. The second kappa shape index (κ2) is 5.16. The van der Waals surface area contributed by atoms with E-state index < -0.39 is 0 Å². The Morgan fingerprint density at radius 3 is 2.57 bits per heavy atom. The van der Waals surface area contributed by atoms with Gasteiger partial charge in [0.25, 0.3) is 0 Å². The van der Waals surface area contributed by atoms with Crippen molar-refractivity contribution in [2.45, 2.75) is 39.5 Å². The zero-order chi connectivity index (χ0) is 10.6. The van der Waals surface area contributed by atoms with Gasteiger partial charge in [0.2, 0.25) is 0 Å². The quantitative estimate of drug-likeness (QED) is 0.777. The highest BCUT2D eigenvalue weighted by molar-refractivity contribution is 5.32. The fourth-order valence-corrected chi connectivity index (χ4v) is 1.68. The Bertz CT molecular complexity index is 291. The average Bonchev–Trinajstić information content (AvgIpc) is 2.20. The van der Waals surface area contributed by atoms with Gasteiger partial charge in [0.15, 0.2) is 0 Å². The van der Waals surface area contributed by atoms with Crippen molar-refractivity contribution in [1.82, 2.24) is 0 Å². The first-order valence-corrected chi connectivity index (χ1v) is 5.39. The van der Waals surface area contributed by atoms with Gasteiger partial charge in [-0.05, 0) is 30.0 Å². The van der Waals surface area contributed by atoms with Crippen molar-refractivity contribution in [3.63, 3.8) is 0 Å². The van der Waals surface area contributed by atoms with Crippen LogP contribution >= 0.6 is 0 Å². The van der Waals surface area contributed by atoms with Crippen LogP contribution in [0.3, 0.4) is 0 Å². The van der Waals surface area contributed by atoms with Crippen LogP contribution in [0.2, 0.25) is 0 Å². The lowest BCUT2D eigenvalue weighted by Crippen LogP contribution is -2.00. The monoisotopic (exact) mass is 192 g/mol. The summed E-state index contributed by atoms with van der Waals surface area (Å²) in [5.41, 5.74) is 4.02. The third-order valence-electron chi connectivity index (χ3n) is 2.73. The van der Waals surface area contributed by atoms with E-state index in [9.17, 15) is 0 Å². The molecule has 1 atom stereocenters. The normalized spacial score (nSPS) is 12.9. The largest absolute Gasteiger partial charge is 0.396 e. The zero-order valence-electron chi connectivity index (χ0n) is 9.38. The van der Waals surface area contributed by atoms with Crippen molar-refractivity contribution in [2.24, 2.45) is 0 Å². The molecule has 0 saturated carbocycles. The fourth-order valence-electron chi connectivity index (χ4n) is 1.68. The van der Waals surface area contributed by atoms with E-state index in [4.69, 9.17) is 5.11 Å². The van der Waals surface area contributed by atoms with Gasteiger partial charge in [0, 0.05) is 12.5 Å². The predicted octanol–water partition coefficient (Wildman–Crippen LogP) is 3.04. The third kappa shape index (κ3) is 2.58. The average molecular weight is 192 g/mol. The molecule has 0 aliphatic heterocycles. The summed E-state index contributed by atoms with van der Waals surface area (Å²) in [7, 11) is 0. The summed E-state index contributed by atoms with van der Waals surface area (Å²) in [6.07, 6.45) is 2.34. The summed E-state index contributed by atoms with van der Waals surface area (Å²) >= 11 is 0. The van der Waals surface area contributed by atoms with Gasteiger partial charge in [-0.15, -0.1) is 0 Å². The van der Waals surface area contributed by atoms with Crippen molar-refractivity contribution >= 4 is 0 Å². The van der Waals surface area contributed by atoms with Gasteiger partial charge in [-0.1, -0.05) is 38.5 Å². The molecule has 14 heavy (non-hydrogen) atoms. The Morgan fingerprint density at radius 2 is 2.07 bits per heavy atom. The SMILES string of the molecule is CCCc1ccc(C(C)CO)cc1C. The molecule has 1 N–H and O–H groups in total. The van der Waals surface area contributed by atoms with Gasteiger partial charge in [-0.2, -0.15) is 0 Å². The Hall–Kier alpha value is -0.820. The maximum atomic E-state index is 9.05. The molecular formula is C13H20O. The smallest absolute Gasteiger partial charge is 0.0497 e. The number of hydrogen-bond donors (Lipinski definition) is 1. The standard InChI is InChI=1S/C13H20O/c1-4-5-12-6-7-13(8-10(12)2)11(3)9-14/h6-8,11,14H,4-5,9H2,1-3H3. The van der Waals surface area contributed by atoms with Crippen LogP contribution in [-0.2, 0) is 6.42 Å². The first-order chi connectivity index (χ1) is 6.69. The lowest BCUT2D eigenvalue weighted by molar-refractivity contribution is 0.273. The highest BCUT2D eigenvalue weighted by atomic mass is 16.3. The van der Waals surface area contributed by atoms with Gasteiger partial charge in [0.1, 0.15) is 0 Å². The van der Waals surface area contributed by atoms with Gasteiger partial charge < -0.3 is 5.11 Å². The van der Waals surface area contributed by atoms with E-state index >= 15 is 0 Å². The maximum absolute atomic E-state index is 9.05. The topological polar surface area (TPSA) is 20.2 Å². The number of benzene rings is 1. The highest BCUT2D eigenvalue weighted by Crippen LogP contribution is 2.19. The van der Waals surface area contributed by atoms with E-state index in [0.717, 1.165) is 6.42 Å². The van der Waals surface area contributed by atoms with E-state index in [1.807, 2.05) is 6.92 Å². The molecule has 78 valence electrons. The number of hydrogen-bond acceptors (Lipinski definition) is 1. The van der Waals surface area contributed by atoms with E-state index in [0.29, 0.717) is 0 Å². The van der Waals surface area contributed by atoms with Crippen molar-refractivity contribution < 1.29 is 5.11 Å². The molecule has 1 aromatic carbocycles. The Labute approximate surface area is 86.8 Å². The van der Waals surface area contributed by atoms with Gasteiger partial charge in [-0.3, -0.25) is 0 Å². The van der Waals surface area contributed by atoms with Gasteiger partial charge in [0.05, 0.1) is 0 Å². The molecule has 0 bridgehead atoms. The molecule has 1 unspecified atom stereocenters. The summed E-state index contributed by atoms with van der Waals surface area (Å²) in [6.45, 7) is 6.63. The van der Waals surface area contributed by atoms with Crippen LogP contribution in [0.1, 0.15) is 42.9 Å². The Kier molecular flexibility index (Phi) is 4.15. The van der Waals surface area contributed by atoms with Crippen LogP contribution in [0.25, 0.3) is 0 Å². The minimum Gasteiger partial charge on any atom is -0.396 e. The second-order valence-corrected chi connectivity index (χ2v) is 4.02. The first kappa shape index (κ1) is 11.3. The van der Waals surface area contributed by atoms with Crippen LogP contribution in [0, 0.1) is 6.92 Å². The minimum absolute atomic E-state index is 0.229. The molecule has 0 fully saturated rings. The summed E-state index contributed by atoms with van der Waals surface area (Å²) in [4.78, 5) is 0. The third-order valence-corrected chi connectivity index (χ3v) is 2.73. The lowest BCUT2D eigenvalue weighted by Gasteiger charge is -2.11. The molecule has 1 aromatic rings. The van der Waals surface area contributed by atoms with Crippen LogP contribution in [-0.4, -0.2) is 11.7 Å². The van der Waals surface area contributed by atoms with Crippen molar-refractivity contribution in [3.05, 3.63) is 34.9 Å². The molecule has 0 saturated heterocycles. The number of rotatable bonds is 4. The summed E-state index contributed by atoms with van der Waals surface area (Å²) in [5.74, 6) is 0.254. The summed E-state index contributed by atoms with van der Waals surface area (Å²) in [6, 6.07) is 6.53. The van der Waals surface area contributed by atoms with Crippen molar-refractivity contribution in [1.29, 1.82) is 0 Å². The van der Waals surface area contributed by atoms with E-state index in [1.165, 1.54) is 23.1 Å². The lowest BCUT2D eigenvalue weighted by atomic mass is 9.95. The minimum atomic E-state index is 0.229. The van der Waals surface area contributed by atoms with Crippen LogP contribution < -0.4 is 0 Å². The highest BCUT2D eigenvalue weighted by Gasteiger charge is 2.05. The number of aliphatic hydroxyl groups is 1. The van der Waals surface area contributed by atoms with Crippen LogP contribution in [0.4, 0.5) is 0 Å². The molecule has 1 heteroatoms. The Morgan fingerprint density at radius 1 is 1.36 bits per heavy atom. The van der Waals surface area contributed by atoms with Crippen molar-refractivity contribution in [2.75, 3.05) is 6.61 Å². The van der Waals surface area contributed by atoms with Crippen LogP contribution in [0.15, 0.2) is 18.2 Å². The molecule has 0 aliphatic rings. The van der Waals surface area contributed by atoms with Crippen LogP contribution in [0.5, 0.6) is 0 Å². The number of aryl methyl sites for hydroxylation is 2. The maximum Gasteiger partial charge on any atom is 0.0497 e. The predicted molar refractivity (Wildman–Crippen MR) is 60.7 cm³/mol. The molecular weight excluding hydrogens is 172 g/mol. The molecule has 0 aliphatic carbocycles. The van der Waals surface area contributed by atoms with E-state index in [-0.39, 0.29) is 12.5 Å². The van der Waals surface area contributed by atoms with E-state index in [2.05, 4.69) is 32.0 Å². The molecule has 0 spiro atoms. The van der Waals surface area contributed by atoms with Crippen molar-refractivity contribution in [3.8, 4) is 0 Å². The molecule has 1 rings (SSSR count). The van der Waals surface area contributed by atoms with E-state index in [1.54, 1.807) is 0 Å². The summed E-state index contributed by atoms with van der Waals surface area (Å²) in [5, 5.41) is 9.05. The molecule has 0 aromatic heterocycles. The zero-order valence-corrected chi connectivity index (χ0v) is 9.38. The molecule has 1 nitrogen and oxygen atoms in total. The molecule has 0 heterocycles. The number of aliphatic hydroxyl groups excluding tert-OH is 1. The summed E-state index contributed by atoms with van der Waals surface area (Å²) < 4.78 is 0. The fraction of sp³-hybridized carbons (Fsp3) is 0.538. The molecule has 0 radical (unpaired) electrons.